The number of carbonyl (C=O) groups excluding carboxylic acids is 1. The van der Waals surface area contributed by atoms with E-state index in [4.69, 9.17) is 11.6 Å². The number of nitrogens with zero attached hydrogens (tertiary/aromatic N) is 3. The fraction of sp³-hybridized carbons (Fsp3) is 0.278. The first kappa shape index (κ1) is 18.5. The second-order valence-corrected chi connectivity index (χ2v) is 6.89. The van der Waals surface area contributed by atoms with E-state index in [0.717, 1.165) is 23.2 Å². The van der Waals surface area contributed by atoms with Crippen LogP contribution in [0, 0.1) is 0 Å². The SMILES string of the molecule is O=C(c1n[nH]c2ccccc12)N1CCN(c2[nH+]cc(C(F)(F)F)cc2Cl)CC1. The third-order valence-electron chi connectivity index (χ3n) is 4.76. The Hall–Kier alpha value is -2.81. The molecule has 0 aliphatic carbocycles. The van der Waals surface area contributed by atoms with Gasteiger partial charge >= 0.3 is 6.18 Å². The van der Waals surface area contributed by atoms with Gasteiger partial charge in [-0.1, -0.05) is 29.8 Å². The molecule has 0 spiro atoms. The van der Waals surface area contributed by atoms with Crippen molar-refractivity contribution in [1.29, 1.82) is 0 Å². The summed E-state index contributed by atoms with van der Waals surface area (Å²) in [5.41, 5.74) is 0.319. The number of rotatable bonds is 2. The fourth-order valence-corrected chi connectivity index (χ4v) is 3.57. The van der Waals surface area contributed by atoms with Crippen molar-refractivity contribution in [3.05, 3.63) is 52.8 Å². The molecule has 1 amide bonds. The number of amides is 1. The number of hydrogen-bond acceptors (Lipinski definition) is 3. The quantitative estimate of drug-likeness (QED) is 0.706. The van der Waals surface area contributed by atoms with Gasteiger partial charge in [0.05, 0.1) is 24.2 Å². The minimum atomic E-state index is -4.46. The van der Waals surface area contributed by atoms with Crippen LogP contribution in [-0.2, 0) is 6.18 Å². The molecule has 1 saturated heterocycles. The zero-order valence-electron chi connectivity index (χ0n) is 14.6. The highest BCUT2D eigenvalue weighted by molar-refractivity contribution is 6.32. The van der Waals surface area contributed by atoms with Crippen LogP contribution >= 0.6 is 11.6 Å². The summed E-state index contributed by atoms with van der Waals surface area (Å²) in [4.78, 5) is 18.9. The van der Waals surface area contributed by atoms with Gasteiger partial charge in [-0.05, 0) is 12.1 Å². The lowest BCUT2D eigenvalue weighted by Gasteiger charge is -2.30. The van der Waals surface area contributed by atoms with Crippen molar-refractivity contribution in [3.8, 4) is 0 Å². The molecular weight excluding hydrogens is 395 g/mol. The Labute approximate surface area is 162 Å². The van der Waals surface area contributed by atoms with Crippen LogP contribution < -0.4 is 9.88 Å². The number of pyridine rings is 1. The van der Waals surface area contributed by atoms with E-state index in [1.807, 2.05) is 29.2 Å². The van der Waals surface area contributed by atoms with E-state index in [9.17, 15) is 18.0 Å². The minimum Gasteiger partial charge on any atom is -0.329 e. The first-order chi connectivity index (χ1) is 13.3. The molecule has 3 aromatic rings. The Balaban J connectivity index is 1.47. The molecule has 4 rings (SSSR count). The number of fused-ring (bicyclic) bond motifs is 1. The second-order valence-electron chi connectivity index (χ2n) is 6.48. The molecule has 0 unspecified atom stereocenters. The van der Waals surface area contributed by atoms with E-state index >= 15 is 0 Å². The van der Waals surface area contributed by atoms with Crippen molar-refractivity contribution >= 4 is 34.2 Å². The van der Waals surface area contributed by atoms with E-state index in [-0.39, 0.29) is 10.9 Å². The Morgan fingerprint density at radius 3 is 2.57 bits per heavy atom. The summed E-state index contributed by atoms with van der Waals surface area (Å²) in [6.45, 7) is 1.70. The van der Waals surface area contributed by atoms with Gasteiger partial charge in [-0.15, -0.1) is 0 Å². The first-order valence-corrected chi connectivity index (χ1v) is 8.98. The third kappa shape index (κ3) is 3.37. The highest BCUT2D eigenvalue weighted by Gasteiger charge is 2.35. The summed E-state index contributed by atoms with van der Waals surface area (Å²) in [6.07, 6.45) is -3.56. The molecule has 6 nitrogen and oxygen atoms in total. The van der Waals surface area contributed by atoms with Gasteiger partial charge in [-0.2, -0.15) is 18.3 Å². The molecule has 2 aromatic heterocycles. The number of nitrogens with one attached hydrogen (secondary N) is 2. The van der Waals surface area contributed by atoms with Crippen LogP contribution in [0.3, 0.4) is 0 Å². The smallest absolute Gasteiger partial charge is 0.329 e. The maximum absolute atomic E-state index is 12.8. The van der Waals surface area contributed by atoms with Crippen LogP contribution in [0.25, 0.3) is 10.9 Å². The molecule has 0 bridgehead atoms. The largest absolute Gasteiger partial charge is 0.419 e. The van der Waals surface area contributed by atoms with E-state index in [2.05, 4.69) is 15.2 Å². The Bertz CT molecular complexity index is 1030. The van der Waals surface area contributed by atoms with Gasteiger partial charge in [0.25, 0.3) is 11.7 Å². The summed E-state index contributed by atoms with van der Waals surface area (Å²) in [6, 6.07) is 8.28. The fourth-order valence-electron chi connectivity index (χ4n) is 3.28. The van der Waals surface area contributed by atoms with Crippen molar-refractivity contribution in [2.24, 2.45) is 0 Å². The average molecular weight is 411 g/mol. The van der Waals surface area contributed by atoms with E-state index in [1.54, 1.807) is 4.90 Å². The van der Waals surface area contributed by atoms with Gasteiger partial charge in [-0.25, -0.2) is 4.98 Å². The number of piperazine rings is 1. The topological polar surface area (TPSA) is 66.4 Å². The molecular formula is C18H16ClF3N5O+. The Kier molecular flexibility index (Phi) is 4.62. The Morgan fingerprint density at radius 2 is 1.89 bits per heavy atom. The summed E-state index contributed by atoms with van der Waals surface area (Å²) < 4.78 is 38.3. The molecule has 0 radical (unpaired) electrons. The summed E-state index contributed by atoms with van der Waals surface area (Å²) in [7, 11) is 0. The average Bonchev–Trinajstić information content (AvgIpc) is 3.11. The molecule has 0 atom stereocenters. The second kappa shape index (κ2) is 6.97. The number of anilines is 1. The van der Waals surface area contributed by atoms with Gasteiger partial charge in [-0.3, -0.25) is 14.8 Å². The lowest BCUT2D eigenvalue weighted by Crippen LogP contribution is -2.50. The highest BCUT2D eigenvalue weighted by Crippen LogP contribution is 2.32. The molecule has 3 heterocycles. The van der Waals surface area contributed by atoms with E-state index in [1.165, 1.54) is 0 Å². The number of alkyl halides is 3. The van der Waals surface area contributed by atoms with Crippen molar-refractivity contribution in [1.82, 2.24) is 15.1 Å². The third-order valence-corrected chi connectivity index (χ3v) is 5.04. The van der Waals surface area contributed by atoms with Crippen LogP contribution in [0.1, 0.15) is 16.1 Å². The van der Waals surface area contributed by atoms with Crippen molar-refractivity contribution in [2.75, 3.05) is 31.1 Å². The van der Waals surface area contributed by atoms with Gasteiger partial charge in [0, 0.05) is 5.39 Å². The maximum Gasteiger partial charge on any atom is 0.419 e. The predicted octanol–water partition coefficient (Wildman–Crippen LogP) is 3.01. The van der Waals surface area contributed by atoms with Gasteiger partial charge in [0.1, 0.15) is 24.3 Å². The molecule has 10 heteroatoms. The number of carbonyl (C=O) groups is 1. The van der Waals surface area contributed by atoms with Crippen LogP contribution in [0.15, 0.2) is 36.5 Å². The Morgan fingerprint density at radius 1 is 1.18 bits per heavy atom. The van der Waals surface area contributed by atoms with Gasteiger partial charge in [0.2, 0.25) is 0 Å². The van der Waals surface area contributed by atoms with Crippen molar-refractivity contribution in [3.63, 3.8) is 0 Å². The van der Waals surface area contributed by atoms with Crippen LogP contribution in [0.5, 0.6) is 0 Å². The maximum atomic E-state index is 12.8. The zero-order valence-corrected chi connectivity index (χ0v) is 15.3. The number of halogens is 4. The lowest BCUT2D eigenvalue weighted by molar-refractivity contribution is -0.367. The van der Waals surface area contributed by atoms with Gasteiger partial charge < -0.3 is 4.90 Å². The van der Waals surface area contributed by atoms with E-state index < -0.39 is 11.7 Å². The van der Waals surface area contributed by atoms with Crippen molar-refractivity contribution in [2.45, 2.75) is 6.18 Å². The van der Waals surface area contributed by atoms with E-state index in [0.29, 0.717) is 37.7 Å². The molecule has 1 aromatic carbocycles. The molecule has 1 aliphatic heterocycles. The minimum absolute atomic E-state index is 0.00658. The number of aromatic amines is 2. The summed E-state index contributed by atoms with van der Waals surface area (Å²) in [5.74, 6) is 0.228. The summed E-state index contributed by atoms with van der Waals surface area (Å²) >= 11 is 6.05. The molecule has 1 fully saturated rings. The lowest BCUT2D eigenvalue weighted by atomic mass is 10.2. The first-order valence-electron chi connectivity index (χ1n) is 8.60. The number of benzene rings is 1. The predicted molar refractivity (Wildman–Crippen MR) is 97.2 cm³/mol. The van der Waals surface area contributed by atoms with Crippen molar-refractivity contribution < 1.29 is 22.9 Å². The monoisotopic (exact) mass is 410 g/mol. The number of aromatic nitrogens is 3. The highest BCUT2D eigenvalue weighted by atomic mass is 35.5. The van der Waals surface area contributed by atoms with Crippen LogP contribution in [-0.4, -0.2) is 47.2 Å². The number of para-hydroxylation sites is 1. The molecule has 146 valence electrons. The molecule has 2 N–H and O–H groups in total. The number of hydrogen-bond donors (Lipinski definition) is 1. The molecule has 1 aliphatic rings. The van der Waals surface area contributed by atoms with Crippen LogP contribution in [0.2, 0.25) is 5.02 Å². The molecule has 28 heavy (non-hydrogen) atoms. The summed E-state index contributed by atoms with van der Waals surface area (Å²) in [5, 5.41) is 7.73. The molecule has 0 saturated carbocycles. The van der Waals surface area contributed by atoms with Gasteiger partial charge in [0.15, 0.2) is 5.69 Å². The number of H-pyrrole nitrogens is 2. The zero-order chi connectivity index (χ0) is 19.9. The normalized spacial score (nSPS) is 15.3. The van der Waals surface area contributed by atoms with Crippen LogP contribution in [0.4, 0.5) is 19.0 Å². The standard InChI is InChI=1S/C18H15ClF3N5O/c19-13-9-11(18(20,21)22)10-23-16(13)26-5-7-27(8-6-26)17(28)15-12-3-1-2-4-14(12)24-25-15/h1-4,9-10H,5-8H2,(H,24,25)/p+1.